The largest absolute Gasteiger partial charge is 0.309 e. The summed E-state index contributed by atoms with van der Waals surface area (Å²) in [5.74, 6) is 2.61. The van der Waals surface area contributed by atoms with E-state index in [2.05, 4.69) is 43.4 Å². The third-order valence-electron chi connectivity index (χ3n) is 4.37. The highest BCUT2D eigenvalue weighted by Gasteiger charge is 2.38. The van der Waals surface area contributed by atoms with Gasteiger partial charge in [-0.05, 0) is 56.6 Å². The molecule has 92 valence electrons. The Labute approximate surface area is 108 Å². The normalized spacial score (nSPS) is 32.2. The molecule has 2 aliphatic carbocycles. The number of fused-ring (bicyclic) bond motifs is 2. The number of nitrogens with one attached hydrogen (secondary N) is 1. The van der Waals surface area contributed by atoms with E-state index in [-0.39, 0.29) is 0 Å². The molecule has 2 bridgehead atoms. The number of rotatable bonds is 4. The topological polar surface area (TPSA) is 12.0 Å². The van der Waals surface area contributed by atoms with Crippen LogP contribution in [0.4, 0.5) is 0 Å². The van der Waals surface area contributed by atoms with E-state index in [0.29, 0.717) is 6.04 Å². The fourth-order valence-electron chi connectivity index (χ4n) is 3.39. The lowest BCUT2D eigenvalue weighted by Gasteiger charge is -2.26. The van der Waals surface area contributed by atoms with Crippen molar-refractivity contribution in [2.45, 2.75) is 39.3 Å². The molecule has 3 rings (SSSR count). The molecule has 2 aliphatic rings. The first-order chi connectivity index (χ1) is 8.22. The second-order valence-corrected chi connectivity index (χ2v) is 7.00. The highest BCUT2D eigenvalue weighted by Crippen LogP contribution is 2.44. The summed E-state index contributed by atoms with van der Waals surface area (Å²) in [7, 11) is 0. The number of allylic oxidation sites excluding steroid dienone is 2. The molecular formula is C15H21NS. The van der Waals surface area contributed by atoms with E-state index in [1.54, 1.807) is 0 Å². The van der Waals surface area contributed by atoms with Crippen LogP contribution in [0.3, 0.4) is 0 Å². The minimum Gasteiger partial charge on any atom is -0.309 e. The lowest BCUT2D eigenvalue weighted by atomic mass is 9.87. The van der Waals surface area contributed by atoms with Gasteiger partial charge in [-0.25, -0.2) is 0 Å². The van der Waals surface area contributed by atoms with Gasteiger partial charge in [0.2, 0.25) is 0 Å². The Morgan fingerprint density at radius 3 is 2.82 bits per heavy atom. The summed E-state index contributed by atoms with van der Waals surface area (Å²) in [6.07, 6.45) is 7.69. The van der Waals surface area contributed by atoms with Crippen LogP contribution in [0.5, 0.6) is 0 Å². The van der Waals surface area contributed by atoms with Gasteiger partial charge in [0, 0.05) is 22.3 Å². The summed E-state index contributed by atoms with van der Waals surface area (Å²) < 4.78 is 0. The Morgan fingerprint density at radius 2 is 2.24 bits per heavy atom. The minimum absolute atomic E-state index is 0.650. The third-order valence-corrected chi connectivity index (χ3v) is 5.37. The Hall–Kier alpha value is -0.600. The minimum atomic E-state index is 0.650. The van der Waals surface area contributed by atoms with E-state index in [9.17, 15) is 0 Å². The van der Waals surface area contributed by atoms with Crippen LogP contribution in [-0.2, 0) is 6.54 Å². The van der Waals surface area contributed by atoms with Crippen molar-refractivity contribution in [2.75, 3.05) is 0 Å². The molecule has 1 aromatic heterocycles. The van der Waals surface area contributed by atoms with Crippen molar-refractivity contribution in [1.82, 2.24) is 5.32 Å². The van der Waals surface area contributed by atoms with Crippen molar-refractivity contribution in [1.29, 1.82) is 0 Å². The zero-order valence-corrected chi connectivity index (χ0v) is 11.5. The van der Waals surface area contributed by atoms with Crippen LogP contribution in [0, 0.1) is 24.7 Å². The zero-order valence-electron chi connectivity index (χ0n) is 10.6. The monoisotopic (exact) mass is 247 g/mol. The summed E-state index contributed by atoms with van der Waals surface area (Å²) in [5.41, 5.74) is 0. The van der Waals surface area contributed by atoms with Crippen LogP contribution in [0.25, 0.3) is 0 Å². The van der Waals surface area contributed by atoms with Gasteiger partial charge in [0.05, 0.1) is 0 Å². The number of aryl methyl sites for hydroxylation is 1. The Kier molecular flexibility index (Phi) is 3.10. The molecule has 0 radical (unpaired) electrons. The predicted octanol–water partition coefficient (Wildman–Crippen LogP) is 3.75. The van der Waals surface area contributed by atoms with Gasteiger partial charge in [-0.15, -0.1) is 11.3 Å². The van der Waals surface area contributed by atoms with E-state index in [1.165, 1.54) is 22.6 Å². The molecule has 1 fully saturated rings. The first kappa shape index (κ1) is 11.5. The fraction of sp³-hybridized carbons (Fsp3) is 0.600. The predicted molar refractivity (Wildman–Crippen MR) is 74.2 cm³/mol. The first-order valence-electron chi connectivity index (χ1n) is 6.69. The average Bonchev–Trinajstić information content (AvgIpc) is 3.01. The van der Waals surface area contributed by atoms with Crippen molar-refractivity contribution in [3.05, 3.63) is 34.0 Å². The van der Waals surface area contributed by atoms with E-state index < -0.39 is 0 Å². The van der Waals surface area contributed by atoms with Gasteiger partial charge in [-0.2, -0.15) is 0 Å². The van der Waals surface area contributed by atoms with E-state index in [0.717, 1.165) is 24.3 Å². The van der Waals surface area contributed by atoms with Crippen LogP contribution in [0.15, 0.2) is 24.3 Å². The van der Waals surface area contributed by atoms with Gasteiger partial charge in [0.15, 0.2) is 0 Å². The summed E-state index contributed by atoms with van der Waals surface area (Å²) >= 11 is 1.91. The smallest absolute Gasteiger partial charge is 0.0302 e. The van der Waals surface area contributed by atoms with Crippen molar-refractivity contribution < 1.29 is 0 Å². The van der Waals surface area contributed by atoms with Crippen LogP contribution in [-0.4, -0.2) is 6.04 Å². The molecule has 1 heterocycles. The van der Waals surface area contributed by atoms with E-state index in [4.69, 9.17) is 0 Å². The molecule has 2 heteroatoms. The molecule has 1 N–H and O–H groups in total. The Morgan fingerprint density at radius 1 is 1.35 bits per heavy atom. The Balaban J connectivity index is 1.54. The molecule has 0 spiro atoms. The molecular weight excluding hydrogens is 226 g/mol. The molecule has 1 saturated carbocycles. The number of hydrogen-bond acceptors (Lipinski definition) is 2. The summed E-state index contributed by atoms with van der Waals surface area (Å²) in [6, 6.07) is 5.12. The summed E-state index contributed by atoms with van der Waals surface area (Å²) in [5, 5.41) is 3.72. The van der Waals surface area contributed by atoms with E-state index >= 15 is 0 Å². The highest BCUT2D eigenvalue weighted by molar-refractivity contribution is 7.11. The van der Waals surface area contributed by atoms with Crippen LogP contribution < -0.4 is 5.32 Å². The molecule has 0 aromatic carbocycles. The first-order valence-corrected chi connectivity index (χ1v) is 7.51. The molecule has 4 unspecified atom stereocenters. The molecule has 1 aromatic rings. The van der Waals surface area contributed by atoms with Gasteiger partial charge < -0.3 is 5.32 Å². The molecule has 0 aliphatic heterocycles. The third kappa shape index (κ3) is 2.34. The second-order valence-electron chi connectivity index (χ2n) is 5.63. The Bertz CT molecular complexity index is 420. The molecule has 4 atom stereocenters. The molecule has 1 nitrogen and oxygen atoms in total. The summed E-state index contributed by atoms with van der Waals surface area (Å²) in [6.45, 7) is 5.58. The molecule has 17 heavy (non-hydrogen) atoms. The maximum Gasteiger partial charge on any atom is 0.0302 e. The summed E-state index contributed by atoms with van der Waals surface area (Å²) in [4.78, 5) is 2.88. The van der Waals surface area contributed by atoms with Crippen molar-refractivity contribution >= 4 is 11.3 Å². The zero-order chi connectivity index (χ0) is 11.8. The van der Waals surface area contributed by atoms with Gasteiger partial charge in [-0.3, -0.25) is 0 Å². The van der Waals surface area contributed by atoms with Crippen LogP contribution >= 0.6 is 11.3 Å². The van der Waals surface area contributed by atoms with Gasteiger partial charge in [0.25, 0.3) is 0 Å². The van der Waals surface area contributed by atoms with Crippen molar-refractivity contribution in [2.24, 2.45) is 17.8 Å². The van der Waals surface area contributed by atoms with Gasteiger partial charge in [0.1, 0.15) is 0 Å². The molecule has 0 amide bonds. The maximum atomic E-state index is 3.72. The van der Waals surface area contributed by atoms with Gasteiger partial charge >= 0.3 is 0 Å². The van der Waals surface area contributed by atoms with Crippen LogP contribution in [0.2, 0.25) is 0 Å². The van der Waals surface area contributed by atoms with Crippen LogP contribution in [0.1, 0.15) is 29.5 Å². The highest BCUT2D eigenvalue weighted by atomic mass is 32.1. The number of thiophene rings is 1. The standard InChI is InChI=1S/C15H21NS/c1-10-3-6-14(17-10)9-16-11(2)15-8-12-4-5-13(15)7-12/h3-6,11-13,15-16H,7-9H2,1-2H3. The maximum absolute atomic E-state index is 3.72. The van der Waals surface area contributed by atoms with E-state index in [1.807, 2.05) is 11.3 Å². The second kappa shape index (κ2) is 4.58. The lowest BCUT2D eigenvalue weighted by Crippen LogP contribution is -2.34. The van der Waals surface area contributed by atoms with Gasteiger partial charge in [-0.1, -0.05) is 12.2 Å². The van der Waals surface area contributed by atoms with Crippen molar-refractivity contribution in [3.8, 4) is 0 Å². The SMILES string of the molecule is Cc1ccc(CNC(C)C2CC3C=CC2C3)s1. The number of hydrogen-bond donors (Lipinski definition) is 1. The lowest BCUT2D eigenvalue weighted by molar-refractivity contribution is 0.327. The van der Waals surface area contributed by atoms with Crippen molar-refractivity contribution in [3.63, 3.8) is 0 Å². The quantitative estimate of drug-likeness (QED) is 0.799. The average molecular weight is 247 g/mol. The molecule has 0 saturated heterocycles. The fourth-order valence-corrected chi connectivity index (χ4v) is 4.23.